The minimum absolute atomic E-state index is 0.0261. The van der Waals surface area contributed by atoms with Gasteiger partial charge < -0.3 is 24.3 Å². The van der Waals surface area contributed by atoms with Gasteiger partial charge >= 0.3 is 0 Å². The molecule has 1 aromatic heterocycles. The first-order chi connectivity index (χ1) is 14.6. The van der Waals surface area contributed by atoms with Crippen LogP contribution in [0.1, 0.15) is 6.42 Å². The zero-order chi connectivity index (χ0) is 20.7. The summed E-state index contributed by atoms with van der Waals surface area (Å²) in [4.78, 5) is 8.46. The highest BCUT2D eigenvalue weighted by molar-refractivity contribution is 5.93. The minimum atomic E-state index is -0.595. The van der Waals surface area contributed by atoms with Crippen molar-refractivity contribution in [1.29, 1.82) is 0 Å². The van der Waals surface area contributed by atoms with Crippen molar-refractivity contribution in [3.63, 3.8) is 0 Å². The van der Waals surface area contributed by atoms with E-state index >= 15 is 0 Å². The van der Waals surface area contributed by atoms with Crippen LogP contribution in [-0.2, 0) is 9.47 Å². The summed E-state index contributed by atoms with van der Waals surface area (Å²) in [5.74, 6) is 0.120. The van der Waals surface area contributed by atoms with Gasteiger partial charge in [-0.1, -0.05) is 0 Å². The predicted octanol–water partition coefficient (Wildman–Crippen LogP) is 3.60. The lowest BCUT2D eigenvalue weighted by Crippen LogP contribution is -2.32. The molecule has 2 aliphatic heterocycles. The van der Waals surface area contributed by atoms with Gasteiger partial charge in [0.2, 0.25) is 0 Å². The molecular weight excluding hydrogens is 396 g/mol. The summed E-state index contributed by atoms with van der Waals surface area (Å²) in [6, 6.07) is 6.60. The Hall–Kier alpha value is -3.04. The van der Waals surface area contributed by atoms with E-state index in [9.17, 15) is 8.78 Å². The van der Waals surface area contributed by atoms with Gasteiger partial charge in [0.15, 0.2) is 17.6 Å². The van der Waals surface area contributed by atoms with Gasteiger partial charge in [-0.05, 0) is 24.6 Å². The quantitative estimate of drug-likeness (QED) is 0.683. The monoisotopic (exact) mass is 415 g/mol. The number of fused-ring (bicyclic) bond motifs is 2. The summed E-state index contributed by atoms with van der Waals surface area (Å²) in [5, 5.41) is 3.40. The van der Waals surface area contributed by atoms with Gasteiger partial charge in [0.25, 0.3) is 0 Å². The van der Waals surface area contributed by atoms with E-state index in [0.29, 0.717) is 41.4 Å². The average molecular weight is 415 g/mol. The van der Waals surface area contributed by atoms with E-state index in [0.717, 1.165) is 24.6 Å². The molecule has 1 N–H and O–H groups in total. The van der Waals surface area contributed by atoms with Gasteiger partial charge in [0.1, 0.15) is 29.9 Å². The molecule has 156 valence electrons. The van der Waals surface area contributed by atoms with Crippen molar-refractivity contribution in [2.24, 2.45) is 0 Å². The smallest absolute Gasteiger partial charge is 0.164 e. The zero-order valence-corrected chi connectivity index (χ0v) is 16.1. The molecule has 0 amide bonds. The number of aromatic nitrogens is 2. The molecule has 2 aromatic carbocycles. The largest absolute Gasteiger partial charge is 0.493 e. The number of methoxy groups -OCH3 is 1. The number of ether oxygens (including phenoxy) is 4. The lowest BCUT2D eigenvalue weighted by atomic mass is 10.1. The van der Waals surface area contributed by atoms with Crippen molar-refractivity contribution in [2.75, 3.05) is 25.6 Å². The highest BCUT2D eigenvalue weighted by atomic mass is 19.1. The molecule has 3 aromatic rings. The van der Waals surface area contributed by atoms with Crippen LogP contribution in [0.15, 0.2) is 36.7 Å². The minimum Gasteiger partial charge on any atom is -0.493 e. The summed E-state index contributed by atoms with van der Waals surface area (Å²) < 4.78 is 50.7. The molecule has 7 nitrogen and oxygen atoms in total. The van der Waals surface area contributed by atoms with E-state index in [4.69, 9.17) is 18.9 Å². The maximum absolute atomic E-state index is 14.1. The van der Waals surface area contributed by atoms with Crippen LogP contribution in [0.4, 0.5) is 20.3 Å². The molecule has 2 saturated heterocycles. The molecule has 9 heteroatoms. The molecule has 0 spiro atoms. The highest BCUT2D eigenvalue weighted by Crippen LogP contribution is 2.38. The lowest BCUT2D eigenvalue weighted by molar-refractivity contribution is 0.0298. The molecule has 3 heterocycles. The number of halogens is 2. The van der Waals surface area contributed by atoms with Gasteiger partial charge in [0.05, 0.1) is 31.0 Å². The van der Waals surface area contributed by atoms with Crippen LogP contribution < -0.4 is 14.8 Å². The Morgan fingerprint density at radius 1 is 1.10 bits per heavy atom. The van der Waals surface area contributed by atoms with E-state index in [1.807, 2.05) is 0 Å². The van der Waals surface area contributed by atoms with Crippen molar-refractivity contribution in [3.05, 3.63) is 48.3 Å². The van der Waals surface area contributed by atoms with Gasteiger partial charge in [-0.3, -0.25) is 0 Å². The Morgan fingerprint density at radius 3 is 2.87 bits per heavy atom. The fourth-order valence-corrected chi connectivity index (χ4v) is 3.83. The van der Waals surface area contributed by atoms with E-state index in [-0.39, 0.29) is 24.0 Å². The van der Waals surface area contributed by atoms with Crippen LogP contribution in [0, 0.1) is 11.6 Å². The SMILES string of the molecule is COc1cc2c(Nc3cc(F)ccc3F)ncnc2cc1O[C@@H]1COC2CCOC21. The molecule has 5 rings (SSSR count). The summed E-state index contributed by atoms with van der Waals surface area (Å²) in [6.07, 6.45) is 1.90. The second-order valence-electron chi connectivity index (χ2n) is 7.14. The number of hydrogen-bond donors (Lipinski definition) is 1. The van der Waals surface area contributed by atoms with E-state index in [2.05, 4.69) is 15.3 Å². The number of nitrogens with one attached hydrogen (secondary N) is 1. The second-order valence-corrected chi connectivity index (χ2v) is 7.14. The van der Waals surface area contributed by atoms with E-state index < -0.39 is 11.6 Å². The van der Waals surface area contributed by atoms with Crippen LogP contribution >= 0.6 is 0 Å². The van der Waals surface area contributed by atoms with Crippen LogP contribution in [0.2, 0.25) is 0 Å². The molecule has 2 unspecified atom stereocenters. The third kappa shape index (κ3) is 3.40. The first-order valence-electron chi connectivity index (χ1n) is 9.57. The highest BCUT2D eigenvalue weighted by Gasteiger charge is 2.43. The fourth-order valence-electron chi connectivity index (χ4n) is 3.83. The lowest BCUT2D eigenvalue weighted by Gasteiger charge is -2.20. The topological polar surface area (TPSA) is 74.7 Å². The van der Waals surface area contributed by atoms with Crippen molar-refractivity contribution in [2.45, 2.75) is 24.7 Å². The number of nitrogens with zero attached hydrogens (tertiary/aromatic N) is 2. The normalized spacial score (nSPS) is 22.8. The molecule has 0 bridgehead atoms. The number of hydrogen-bond acceptors (Lipinski definition) is 7. The van der Waals surface area contributed by atoms with Gasteiger partial charge in [-0.25, -0.2) is 18.7 Å². The molecule has 0 radical (unpaired) electrons. The summed E-state index contributed by atoms with van der Waals surface area (Å²) >= 11 is 0. The van der Waals surface area contributed by atoms with Crippen LogP contribution in [0.25, 0.3) is 10.9 Å². The fraction of sp³-hybridized carbons (Fsp3) is 0.333. The third-order valence-electron chi connectivity index (χ3n) is 5.30. The Labute approximate surface area is 170 Å². The first-order valence-corrected chi connectivity index (χ1v) is 9.57. The standard InChI is InChI=1S/C21H19F2N3O4/c1-27-17-7-12-14(8-18(17)30-19-9-29-16-4-5-28-20(16)19)24-10-25-21(12)26-15-6-11(22)2-3-13(15)23/h2-3,6-8,10,16,19-20H,4-5,9H2,1H3,(H,24,25,26)/t16?,19-,20?/m1/s1. The van der Waals surface area contributed by atoms with Crippen molar-refractivity contribution in [3.8, 4) is 11.5 Å². The van der Waals surface area contributed by atoms with Crippen molar-refractivity contribution in [1.82, 2.24) is 9.97 Å². The second kappa shape index (κ2) is 7.66. The van der Waals surface area contributed by atoms with Crippen molar-refractivity contribution >= 4 is 22.4 Å². The number of rotatable bonds is 5. The Balaban J connectivity index is 1.49. The molecule has 2 fully saturated rings. The molecular formula is C21H19F2N3O4. The van der Waals surface area contributed by atoms with Crippen molar-refractivity contribution < 1.29 is 27.7 Å². The average Bonchev–Trinajstić information content (AvgIpc) is 3.35. The maximum atomic E-state index is 14.1. The zero-order valence-electron chi connectivity index (χ0n) is 16.1. The molecule has 2 aliphatic rings. The molecule has 30 heavy (non-hydrogen) atoms. The molecule has 0 saturated carbocycles. The van der Waals surface area contributed by atoms with E-state index in [1.54, 1.807) is 12.1 Å². The molecule has 0 aliphatic carbocycles. The van der Waals surface area contributed by atoms with Crippen LogP contribution in [0.3, 0.4) is 0 Å². The maximum Gasteiger partial charge on any atom is 0.164 e. The van der Waals surface area contributed by atoms with Gasteiger partial charge in [-0.15, -0.1) is 0 Å². The summed E-state index contributed by atoms with van der Waals surface area (Å²) in [5.41, 5.74) is 0.532. The Morgan fingerprint density at radius 2 is 2.00 bits per heavy atom. The van der Waals surface area contributed by atoms with E-state index in [1.165, 1.54) is 13.4 Å². The first kappa shape index (κ1) is 19.0. The third-order valence-corrected chi connectivity index (χ3v) is 5.30. The number of benzene rings is 2. The summed E-state index contributed by atoms with van der Waals surface area (Å²) in [7, 11) is 1.52. The van der Waals surface area contributed by atoms with Gasteiger partial charge in [0, 0.05) is 24.1 Å². The van der Waals surface area contributed by atoms with Crippen LogP contribution in [0.5, 0.6) is 11.5 Å². The number of anilines is 2. The van der Waals surface area contributed by atoms with Gasteiger partial charge in [-0.2, -0.15) is 0 Å². The predicted molar refractivity (Wildman–Crippen MR) is 104 cm³/mol. The Kier molecular flexibility index (Phi) is 4.84. The Bertz CT molecular complexity index is 1100. The van der Waals surface area contributed by atoms with Crippen LogP contribution in [-0.4, -0.2) is 48.6 Å². The summed E-state index contributed by atoms with van der Waals surface area (Å²) in [6.45, 7) is 1.09. The molecule has 3 atom stereocenters.